The van der Waals surface area contributed by atoms with Crippen LogP contribution >= 0.6 is 0 Å². The predicted octanol–water partition coefficient (Wildman–Crippen LogP) is 3.15. The Morgan fingerprint density at radius 1 is 1.09 bits per heavy atom. The van der Waals surface area contributed by atoms with Gasteiger partial charge in [-0.25, -0.2) is 23.2 Å². The van der Waals surface area contributed by atoms with Crippen molar-refractivity contribution in [3.8, 4) is 11.4 Å². The minimum Gasteiger partial charge on any atom is -0.492 e. The quantitative estimate of drug-likeness (QED) is 0.564. The Kier molecular flexibility index (Phi) is 5.79. The summed E-state index contributed by atoms with van der Waals surface area (Å²) in [5.41, 5.74) is -1.07. The maximum Gasteiger partial charge on any atom is 0.377 e. The molecule has 0 bridgehead atoms. The lowest BCUT2D eigenvalue weighted by atomic mass is 9.93. The van der Waals surface area contributed by atoms with Crippen molar-refractivity contribution in [3.63, 3.8) is 0 Å². The number of ether oxygens (including phenoxy) is 1. The normalized spacial score (nSPS) is 15.5. The Hall–Kier alpha value is -4.09. The largest absolute Gasteiger partial charge is 0.492 e. The number of carbonyl (C=O) groups excluding carboxylic acids is 1. The molecule has 1 aromatic heterocycles. The van der Waals surface area contributed by atoms with Crippen molar-refractivity contribution >= 4 is 17.7 Å². The van der Waals surface area contributed by atoms with E-state index in [0.29, 0.717) is 40.8 Å². The van der Waals surface area contributed by atoms with E-state index in [0.717, 1.165) is 37.5 Å². The molecule has 182 valence electrons. The molecule has 0 atom stereocenters. The molecule has 5 rings (SSSR count). The van der Waals surface area contributed by atoms with Gasteiger partial charge in [-0.05, 0) is 47.5 Å². The van der Waals surface area contributed by atoms with E-state index in [1.807, 2.05) is 0 Å². The van der Waals surface area contributed by atoms with Gasteiger partial charge in [0.15, 0.2) is 11.6 Å². The highest BCUT2D eigenvalue weighted by atomic mass is 19.1. The number of fused-ring (bicyclic) bond motifs is 1. The summed E-state index contributed by atoms with van der Waals surface area (Å²) in [4.78, 5) is 39.9. The SMILES string of the molecule is O=C(O)c1cc(N(C(=O)n2nnn(-c3c(F)cccc3F)c2=O)C2CCCCC2)cc2c1OCC2. The fraction of sp³-hybridized carbons (Fsp3) is 0.348. The van der Waals surface area contributed by atoms with Crippen molar-refractivity contribution in [2.75, 3.05) is 11.5 Å². The van der Waals surface area contributed by atoms with Crippen molar-refractivity contribution in [2.45, 2.75) is 44.6 Å². The Morgan fingerprint density at radius 2 is 1.80 bits per heavy atom. The number of tetrazole rings is 1. The molecule has 0 unspecified atom stereocenters. The van der Waals surface area contributed by atoms with Crippen molar-refractivity contribution in [2.24, 2.45) is 0 Å². The topological polar surface area (TPSA) is 120 Å². The molecule has 3 aromatic rings. The molecule has 0 radical (unpaired) electrons. The highest BCUT2D eigenvalue weighted by molar-refractivity contribution is 5.98. The van der Waals surface area contributed by atoms with Crippen LogP contribution in [0.1, 0.15) is 48.0 Å². The first kappa shape index (κ1) is 22.7. The van der Waals surface area contributed by atoms with Gasteiger partial charge in [0, 0.05) is 23.7 Å². The number of rotatable bonds is 4. The monoisotopic (exact) mass is 485 g/mol. The maximum absolute atomic E-state index is 14.2. The molecule has 0 saturated heterocycles. The van der Waals surface area contributed by atoms with Crippen molar-refractivity contribution < 1.29 is 28.2 Å². The first-order chi connectivity index (χ1) is 16.9. The van der Waals surface area contributed by atoms with E-state index in [-0.39, 0.29) is 23.0 Å². The van der Waals surface area contributed by atoms with Crippen LogP contribution in [-0.4, -0.2) is 49.5 Å². The summed E-state index contributed by atoms with van der Waals surface area (Å²) in [6.07, 6.45) is 4.41. The molecule has 1 aliphatic carbocycles. The van der Waals surface area contributed by atoms with Gasteiger partial charge >= 0.3 is 17.7 Å². The summed E-state index contributed by atoms with van der Waals surface area (Å²) in [6.45, 7) is 0.318. The number of nitrogens with zero attached hydrogens (tertiary/aromatic N) is 5. The van der Waals surface area contributed by atoms with E-state index in [9.17, 15) is 28.3 Å². The zero-order chi connectivity index (χ0) is 24.7. The lowest BCUT2D eigenvalue weighted by molar-refractivity contribution is 0.0693. The van der Waals surface area contributed by atoms with E-state index in [1.165, 1.54) is 11.0 Å². The smallest absolute Gasteiger partial charge is 0.377 e. The fourth-order valence-electron chi connectivity index (χ4n) is 4.71. The van der Waals surface area contributed by atoms with Gasteiger partial charge in [0.1, 0.15) is 17.0 Å². The van der Waals surface area contributed by atoms with E-state index in [2.05, 4.69) is 10.4 Å². The second kappa shape index (κ2) is 8.93. The number of amides is 1. The molecule has 1 fully saturated rings. The summed E-state index contributed by atoms with van der Waals surface area (Å²) >= 11 is 0. The first-order valence-corrected chi connectivity index (χ1v) is 11.2. The molecular weight excluding hydrogens is 464 g/mol. The number of anilines is 1. The lowest BCUT2D eigenvalue weighted by Gasteiger charge is -2.34. The van der Waals surface area contributed by atoms with E-state index in [1.54, 1.807) is 6.07 Å². The van der Waals surface area contributed by atoms with Crippen LogP contribution in [0.3, 0.4) is 0 Å². The van der Waals surface area contributed by atoms with Gasteiger partial charge in [-0.15, -0.1) is 4.68 Å². The number of carboxylic acids is 1. The fourth-order valence-corrected chi connectivity index (χ4v) is 4.71. The van der Waals surface area contributed by atoms with Crippen LogP contribution in [0.15, 0.2) is 35.1 Å². The Morgan fingerprint density at radius 3 is 2.49 bits per heavy atom. The standard InChI is InChI=1S/C23H21F2N5O5/c24-17-7-4-8-18(25)19(17)29-23(34)30(27-26-29)22(33)28(14-5-2-1-3-6-14)15-11-13-9-10-35-20(13)16(12-15)21(31)32/h4,7-8,11-12,14H,1-3,5-6,9-10H2,(H,31,32). The number of hydrogen-bond donors (Lipinski definition) is 1. The maximum atomic E-state index is 14.2. The summed E-state index contributed by atoms with van der Waals surface area (Å²) in [5.74, 6) is -3.03. The minimum atomic E-state index is -1.21. The number of halogens is 2. The van der Waals surface area contributed by atoms with Crippen LogP contribution in [0.5, 0.6) is 5.75 Å². The van der Waals surface area contributed by atoms with E-state index in [4.69, 9.17) is 4.74 Å². The molecule has 1 saturated carbocycles. The average molecular weight is 485 g/mol. The number of carboxylic acid groups (broad SMARTS) is 1. The zero-order valence-electron chi connectivity index (χ0n) is 18.5. The van der Waals surface area contributed by atoms with Crippen LogP contribution in [-0.2, 0) is 6.42 Å². The number of aromatic carboxylic acids is 1. The summed E-state index contributed by atoms with van der Waals surface area (Å²) < 4.78 is 34.8. The van der Waals surface area contributed by atoms with Crippen LogP contribution in [0.2, 0.25) is 0 Å². The van der Waals surface area contributed by atoms with Crippen molar-refractivity contribution in [1.82, 2.24) is 19.8 Å². The molecule has 35 heavy (non-hydrogen) atoms. The number of hydrogen-bond acceptors (Lipinski definition) is 6. The first-order valence-electron chi connectivity index (χ1n) is 11.2. The van der Waals surface area contributed by atoms with Gasteiger partial charge in [0.05, 0.1) is 6.61 Å². The molecule has 12 heteroatoms. The van der Waals surface area contributed by atoms with Crippen LogP contribution in [0, 0.1) is 11.6 Å². The number of benzene rings is 2. The molecule has 1 aliphatic heterocycles. The summed E-state index contributed by atoms with van der Waals surface area (Å²) in [6, 6.07) is 4.84. The molecule has 2 heterocycles. The predicted molar refractivity (Wildman–Crippen MR) is 118 cm³/mol. The average Bonchev–Trinajstić information content (AvgIpc) is 3.46. The number of carbonyl (C=O) groups is 2. The highest BCUT2D eigenvalue weighted by Crippen LogP contribution is 2.37. The number of aromatic nitrogens is 4. The molecule has 10 nitrogen and oxygen atoms in total. The third-order valence-electron chi connectivity index (χ3n) is 6.33. The second-order valence-corrected chi connectivity index (χ2v) is 8.48. The number of para-hydroxylation sites is 1. The van der Waals surface area contributed by atoms with Crippen molar-refractivity contribution in [3.05, 3.63) is 63.6 Å². The third kappa shape index (κ3) is 3.94. The molecule has 1 amide bonds. The van der Waals surface area contributed by atoms with Gasteiger partial charge in [-0.3, -0.25) is 4.90 Å². The van der Waals surface area contributed by atoms with Gasteiger partial charge in [-0.2, -0.15) is 4.68 Å². The van der Waals surface area contributed by atoms with E-state index < -0.39 is 35.0 Å². The molecule has 0 spiro atoms. The Bertz CT molecular complexity index is 1360. The summed E-state index contributed by atoms with van der Waals surface area (Å²) in [5, 5.41) is 16.8. The summed E-state index contributed by atoms with van der Waals surface area (Å²) in [7, 11) is 0. The highest BCUT2D eigenvalue weighted by Gasteiger charge is 2.33. The van der Waals surface area contributed by atoms with Gasteiger partial charge in [0.2, 0.25) is 0 Å². The lowest BCUT2D eigenvalue weighted by Crippen LogP contribution is -2.47. The van der Waals surface area contributed by atoms with Crippen LogP contribution in [0.4, 0.5) is 19.3 Å². The zero-order valence-corrected chi connectivity index (χ0v) is 18.5. The Balaban J connectivity index is 1.61. The second-order valence-electron chi connectivity index (χ2n) is 8.48. The molecule has 1 N–H and O–H groups in total. The molecule has 2 aromatic carbocycles. The van der Waals surface area contributed by atoms with Gasteiger partial charge in [-0.1, -0.05) is 25.3 Å². The third-order valence-corrected chi connectivity index (χ3v) is 6.33. The minimum absolute atomic E-state index is 0.0898. The van der Waals surface area contributed by atoms with E-state index >= 15 is 0 Å². The molecular formula is C23H21F2N5O5. The van der Waals surface area contributed by atoms with Crippen LogP contribution < -0.4 is 15.3 Å². The van der Waals surface area contributed by atoms with Crippen molar-refractivity contribution in [1.29, 1.82) is 0 Å². The Labute approximate surface area is 197 Å². The van der Waals surface area contributed by atoms with Crippen LogP contribution in [0.25, 0.3) is 5.69 Å². The van der Waals surface area contributed by atoms with Gasteiger partial charge < -0.3 is 9.84 Å². The molecule has 2 aliphatic rings. The van der Waals surface area contributed by atoms with Gasteiger partial charge in [0.25, 0.3) is 0 Å².